The minimum absolute atomic E-state index is 0.00145. The Hall–Kier alpha value is -6.02. The van der Waals surface area contributed by atoms with Gasteiger partial charge in [0.05, 0.1) is 11.3 Å². The van der Waals surface area contributed by atoms with E-state index in [0.29, 0.717) is 72.8 Å². The molecule has 2 fully saturated rings. The number of nitrogens with zero attached hydrogens (tertiary/aromatic N) is 3. The van der Waals surface area contributed by atoms with E-state index in [2.05, 4.69) is 26.3 Å². The van der Waals surface area contributed by atoms with Crippen molar-refractivity contribution in [1.82, 2.24) is 15.6 Å². The first-order valence-electron chi connectivity index (χ1n) is 20.0. The smallest absolute Gasteiger partial charge is 0.274 e. The van der Waals surface area contributed by atoms with Gasteiger partial charge in [0.2, 0.25) is 11.8 Å². The van der Waals surface area contributed by atoms with Crippen LogP contribution in [0.25, 0.3) is 11.1 Å². The minimum Gasteiger partial charge on any atom is -0.387 e. The van der Waals surface area contributed by atoms with Crippen LogP contribution in [0, 0.1) is 24.0 Å². The average molecular weight is 807 g/mol. The number of pyridine rings is 1. The molecule has 0 bridgehead atoms. The third-order valence-corrected chi connectivity index (χ3v) is 11.3. The molecular weight excluding hydrogens is 755 g/mol. The highest BCUT2D eigenvalue weighted by Gasteiger charge is 2.33. The lowest BCUT2D eigenvalue weighted by Crippen LogP contribution is -2.49. The number of aryl methyl sites for hydroxylation is 1. The normalized spacial score (nSPS) is 15.2. The molecule has 0 spiro atoms. The molecule has 4 aromatic rings. The Balaban J connectivity index is 1.26. The van der Waals surface area contributed by atoms with Gasteiger partial charge in [0.1, 0.15) is 23.6 Å². The molecule has 14 heteroatoms. The number of aromatic nitrogens is 1. The van der Waals surface area contributed by atoms with Crippen molar-refractivity contribution in [3.63, 3.8) is 0 Å². The lowest BCUT2D eigenvalue weighted by atomic mass is 9.84. The van der Waals surface area contributed by atoms with E-state index in [1.165, 1.54) is 13.1 Å². The van der Waals surface area contributed by atoms with Crippen LogP contribution in [0.3, 0.4) is 0 Å². The van der Waals surface area contributed by atoms with Crippen LogP contribution in [0.1, 0.15) is 80.7 Å². The zero-order chi connectivity index (χ0) is 42.4. The highest BCUT2D eigenvalue weighted by atomic mass is 19.1. The number of amides is 3. The number of hydrogen-bond acceptors (Lipinski definition) is 9. The van der Waals surface area contributed by atoms with Crippen molar-refractivity contribution in [1.29, 1.82) is 5.41 Å². The molecule has 0 saturated carbocycles. The summed E-state index contributed by atoms with van der Waals surface area (Å²) >= 11 is 0. The molecule has 3 heterocycles. The van der Waals surface area contributed by atoms with Crippen LogP contribution >= 0.6 is 0 Å². The van der Waals surface area contributed by atoms with Crippen LogP contribution in [0.5, 0.6) is 0 Å². The van der Waals surface area contributed by atoms with Crippen molar-refractivity contribution >= 4 is 52.5 Å². The highest BCUT2D eigenvalue weighted by Crippen LogP contribution is 2.40. The Morgan fingerprint density at radius 2 is 1.75 bits per heavy atom. The summed E-state index contributed by atoms with van der Waals surface area (Å²) in [6.07, 6.45) is 5.27. The molecule has 3 amide bonds. The summed E-state index contributed by atoms with van der Waals surface area (Å²) in [4.78, 5) is 57.6. The Labute approximate surface area is 343 Å². The van der Waals surface area contributed by atoms with Gasteiger partial charge >= 0.3 is 0 Å². The van der Waals surface area contributed by atoms with E-state index in [4.69, 9.17) is 5.41 Å². The van der Waals surface area contributed by atoms with Gasteiger partial charge in [-0.3, -0.25) is 24.8 Å². The van der Waals surface area contributed by atoms with Crippen LogP contribution < -0.4 is 31.1 Å². The standard InChI is InChI=1S/C45H52F2N8O4/c1-27-23-31(16-19-51-27)52-44(59)43(48)41-37(49-4)13-12-34(42(41)47)33-11-10-32(55-20-6-7-40(55)58)25-35(33)45(2,3)53-30-17-21-54(22-18-30)38-14-8-28(24-36(38)46)29(26-56)9-15-39(57)50-5/h8,10-14,16,19,23-26,29-30,48-49,53H,6-7,9,15,17-18,20-22H2,1-5H3,(H,50,57)(H,51,52,59). The number of hydrogen-bond donors (Lipinski definition) is 5. The molecule has 1 atom stereocenters. The van der Waals surface area contributed by atoms with E-state index < -0.39 is 34.7 Å². The molecule has 2 aliphatic heterocycles. The number of rotatable bonds is 15. The van der Waals surface area contributed by atoms with Gasteiger partial charge in [-0.25, -0.2) is 8.78 Å². The number of anilines is 4. The Morgan fingerprint density at radius 3 is 2.39 bits per heavy atom. The van der Waals surface area contributed by atoms with Gasteiger partial charge in [-0.05, 0) is 112 Å². The summed E-state index contributed by atoms with van der Waals surface area (Å²) in [5.41, 5.74) is 3.02. The fourth-order valence-electron chi connectivity index (χ4n) is 8.13. The molecular formula is C45H52F2N8O4. The number of aldehydes is 1. The molecule has 310 valence electrons. The quantitative estimate of drug-likeness (QED) is 0.0648. The molecule has 1 unspecified atom stereocenters. The Morgan fingerprint density at radius 1 is 1.00 bits per heavy atom. The molecule has 0 aliphatic carbocycles. The van der Waals surface area contributed by atoms with E-state index in [-0.39, 0.29) is 47.5 Å². The van der Waals surface area contributed by atoms with Gasteiger partial charge in [-0.2, -0.15) is 0 Å². The lowest BCUT2D eigenvalue weighted by molar-refractivity contribution is -0.121. The number of carbonyl (C=O) groups is 4. The summed E-state index contributed by atoms with van der Waals surface area (Å²) in [6.45, 7) is 7.48. The number of piperidine rings is 1. The zero-order valence-corrected chi connectivity index (χ0v) is 34.2. The number of carbonyl (C=O) groups excluding carboxylic acids is 4. The monoisotopic (exact) mass is 806 g/mol. The summed E-state index contributed by atoms with van der Waals surface area (Å²) in [7, 11) is 3.14. The van der Waals surface area contributed by atoms with Gasteiger partial charge in [0.25, 0.3) is 5.91 Å². The second-order valence-corrected chi connectivity index (χ2v) is 15.7. The number of benzene rings is 3. The third kappa shape index (κ3) is 9.49. The Bertz CT molecular complexity index is 2250. The third-order valence-electron chi connectivity index (χ3n) is 11.3. The highest BCUT2D eigenvalue weighted by molar-refractivity contribution is 6.48. The SMILES string of the molecule is CNC(=O)CCC(C=O)c1ccc(N2CCC(NC(C)(C)c3cc(N4CCCC4=O)ccc3-c3ccc(NC)c(C(=N)C(=O)Nc4ccnc(C)c4)c3F)CC2)c(F)c1. The Kier molecular flexibility index (Phi) is 13.2. The topological polar surface area (TPSA) is 160 Å². The van der Waals surface area contributed by atoms with Crippen molar-refractivity contribution in [2.45, 2.75) is 76.8 Å². The summed E-state index contributed by atoms with van der Waals surface area (Å²) in [6, 6.07) is 16.9. The van der Waals surface area contributed by atoms with Gasteiger partial charge < -0.3 is 35.9 Å². The molecule has 6 rings (SSSR count). The first-order chi connectivity index (χ1) is 28.2. The van der Waals surface area contributed by atoms with Gasteiger partial charge in [0.15, 0.2) is 0 Å². The van der Waals surface area contributed by atoms with Crippen molar-refractivity contribution in [2.24, 2.45) is 0 Å². The van der Waals surface area contributed by atoms with Crippen LogP contribution in [0.15, 0.2) is 66.9 Å². The van der Waals surface area contributed by atoms with Crippen molar-refractivity contribution in [3.8, 4) is 11.1 Å². The number of nitrogens with one attached hydrogen (secondary N) is 5. The molecule has 2 aliphatic rings. The predicted molar refractivity (Wildman–Crippen MR) is 227 cm³/mol. The lowest BCUT2D eigenvalue weighted by Gasteiger charge is -2.40. The van der Waals surface area contributed by atoms with E-state index in [1.54, 1.807) is 67.5 Å². The molecule has 5 N–H and O–H groups in total. The van der Waals surface area contributed by atoms with Gasteiger partial charge in [-0.1, -0.05) is 12.1 Å². The predicted octanol–water partition coefficient (Wildman–Crippen LogP) is 6.81. The zero-order valence-electron chi connectivity index (χ0n) is 34.2. The summed E-state index contributed by atoms with van der Waals surface area (Å²) in [5.74, 6) is -2.70. The fourth-order valence-corrected chi connectivity index (χ4v) is 8.13. The maximum atomic E-state index is 17.0. The molecule has 3 aromatic carbocycles. The largest absolute Gasteiger partial charge is 0.387 e. The molecule has 59 heavy (non-hydrogen) atoms. The van der Waals surface area contributed by atoms with E-state index in [1.807, 2.05) is 30.9 Å². The van der Waals surface area contributed by atoms with E-state index in [9.17, 15) is 19.2 Å². The van der Waals surface area contributed by atoms with Gasteiger partial charge in [-0.15, -0.1) is 0 Å². The second kappa shape index (κ2) is 18.3. The van der Waals surface area contributed by atoms with E-state index in [0.717, 1.165) is 18.3 Å². The van der Waals surface area contributed by atoms with Crippen molar-refractivity contribution in [3.05, 3.63) is 101 Å². The minimum atomic E-state index is -0.779. The summed E-state index contributed by atoms with van der Waals surface area (Å²) < 4.78 is 32.5. The fraction of sp³-hybridized carbons (Fsp3) is 0.378. The maximum absolute atomic E-state index is 17.0. The second-order valence-electron chi connectivity index (χ2n) is 15.7. The van der Waals surface area contributed by atoms with Crippen molar-refractivity contribution in [2.75, 3.05) is 54.2 Å². The van der Waals surface area contributed by atoms with E-state index >= 15 is 8.78 Å². The molecule has 1 aromatic heterocycles. The molecule has 0 radical (unpaired) electrons. The first-order valence-corrected chi connectivity index (χ1v) is 20.0. The molecule has 12 nitrogen and oxygen atoms in total. The molecule has 2 saturated heterocycles. The maximum Gasteiger partial charge on any atom is 0.274 e. The van der Waals surface area contributed by atoms with Crippen LogP contribution in [-0.4, -0.2) is 74.5 Å². The average Bonchev–Trinajstić information content (AvgIpc) is 3.66. The first kappa shape index (κ1) is 42.6. The van der Waals surface area contributed by atoms with Crippen molar-refractivity contribution < 1.29 is 28.0 Å². The van der Waals surface area contributed by atoms with Gasteiger partial charge in [0, 0.05) is 98.6 Å². The van der Waals surface area contributed by atoms with Crippen LogP contribution in [0.4, 0.5) is 31.5 Å². The van der Waals surface area contributed by atoms with Crippen LogP contribution in [0.2, 0.25) is 0 Å². The number of halogens is 2. The summed E-state index contributed by atoms with van der Waals surface area (Å²) in [5, 5.41) is 20.8. The van der Waals surface area contributed by atoms with Crippen LogP contribution in [-0.2, 0) is 24.7 Å².